The Bertz CT molecular complexity index is 514. The van der Waals surface area contributed by atoms with Crippen LogP contribution in [0.1, 0.15) is 78.6 Å². The fraction of sp³-hybridized carbons (Fsp3) is 0.955. The van der Waals surface area contributed by atoms with E-state index in [0.717, 1.165) is 37.0 Å². The quantitative estimate of drug-likeness (QED) is 0.785. The Morgan fingerprint density at radius 3 is 2.54 bits per heavy atom. The van der Waals surface area contributed by atoms with E-state index in [0.29, 0.717) is 41.0 Å². The predicted molar refractivity (Wildman–Crippen MR) is 96.5 cm³/mol. The molecule has 136 valence electrons. The van der Waals surface area contributed by atoms with Crippen LogP contribution in [0.4, 0.5) is 0 Å². The number of carbonyl (C=O) groups is 1. The zero-order chi connectivity index (χ0) is 17.1. The van der Waals surface area contributed by atoms with Gasteiger partial charge < -0.3 is 5.11 Å². The number of Topliss-reactive ketones (excluding diaryl/α,β-unsaturated/α-hetero) is 1. The van der Waals surface area contributed by atoms with Crippen molar-refractivity contribution in [3.8, 4) is 0 Å². The molecule has 2 heteroatoms. The van der Waals surface area contributed by atoms with Crippen LogP contribution in [-0.2, 0) is 4.79 Å². The van der Waals surface area contributed by atoms with Crippen molar-refractivity contribution in [1.82, 2.24) is 0 Å². The first-order valence-electron chi connectivity index (χ1n) is 10.5. The molecule has 24 heavy (non-hydrogen) atoms. The average molecular weight is 333 g/mol. The summed E-state index contributed by atoms with van der Waals surface area (Å²) in [7, 11) is 0. The maximum Gasteiger partial charge on any atom is 0.133 e. The summed E-state index contributed by atoms with van der Waals surface area (Å²) in [4.78, 5) is 12.0. The average Bonchev–Trinajstić information content (AvgIpc) is 2.92. The summed E-state index contributed by atoms with van der Waals surface area (Å²) in [6.45, 7) is 7.70. The highest BCUT2D eigenvalue weighted by molar-refractivity contribution is 5.79. The van der Waals surface area contributed by atoms with Gasteiger partial charge in [0.25, 0.3) is 0 Å². The predicted octanol–water partition coefficient (Wildman–Crippen LogP) is 4.84. The van der Waals surface area contributed by atoms with Gasteiger partial charge in [0.15, 0.2) is 0 Å². The molecule has 0 heterocycles. The van der Waals surface area contributed by atoms with Crippen molar-refractivity contribution in [2.75, 3.05) is 6.61 Å². The Kier molecular flexibility index (Phi) is 4.14. The van der Waals surface area contributed by atoms with E-state index >= 15 is 0 Å². The van der Waals surface area contributed by atoms with Crippen molar-refractivity contribution in [3.05, 3.63) is 0 Å². The number of aliphatic hydroxyl groups is 1. The van der Waals surface area contributed by atoms with E-state index in [1.165, 1.54) is 38.5 Å². The number of carbonyl (C=O) groups excluding carboxylic acids is 1. The molecule has 0 bridgehead atoms. The van der Waals surface area contributed by atoms with Crippen LogP contribution in [0, 0.1) is 46.3 Å². The summed E-state index contributed by atoms with van der Waals surface area (Å²) < 4.78 is 0. The van der Waals surface area contributed by atoms with Gasteiger partial charge in [-0.05, 0) is 91.3 Å². The highest BCUT2D eigenvalue weighted by atomic mass is 16.3. The molecule has 0 amide bonds. The molecule has 4 fully saturated rings. The lowest BCUT2D eigenvalue weighted by Gasteiger charge is -2.60. The molecule has 0 aromatic carbocycles. The number of hydrogen-bond donors (Lipinski definition) is 1. The van der Waals surface area contributed by atoms with Crippen LogP contribution < -0.4 is 0 Å². The van der Waals surface area contributed by atoms with Gasteiger partial charge in [-0.1, -0.05) is 20.8 Å². The van der Waals surface area contributed by atoms with Crippen molar-refractivity contribution in [2.24, 2.45) is 46.3 Å². The van der Waals surface area contributed by atoms with Gasteiger partial charge in [-0.2, -0.15) is 0 Å². The summed E-state index contributed by atoms with van der Waals surface area (Å²) in [6, 6.07) is 0. The van der Waals surface area contributed by atoms with Crippen LogP contribution in [0.5, 0.6) is 0 Å². The lowest BCUT2D eigenvalue weighted by Crippen LogP contribution is -2.53. The zero-order valence-electron chi connectivity index (χ0n) is 15.9. The number of hydrogen-bond acceptors (Lipinski definition) is 2. The van der Waals surface area contributed by atoms with Crippen molar-refractivity contribution in [3.63, 3.8) is 0 Å². The standard InChI is InChI=1S/C22H36O2/c1-14(13-23)18-6-7-19-17-5-4-15-12-16(24)8-10-21(15,2)20(17)9-11-22(18,19)3/h14-15,17-20,23H,4-13H2,1-3H3. The van der Waals surface area contributed by atoms with Gasteiger partial charge in [-0.3, -0.25) is 4.79 Å². The van der Waals surface area contributed by atoms with Gasteiger partial charge >= 0.3 is 0 Å². The van der Waals surface area contributed by atoms with Crippen LogP contribution >= 0.6 is 0 Å². The molecular formula is C22H36O2. The minimum absolute atomic E-state index is 0.350. The second kappa shape index (κ2) is 5.83. The molecule has 0 aliphatic heterocycles. The van der Waals surface area contributed by atoms with E-state index in [2.05, 4.69) is 20.8 Å². The zero-order valence-corrected chi connectivity index (χ0v) is 15.9. The molecule has 4 aliphatic carbocycles. The van der Waals surface area contributed by atoms with Crippen LogP contribution in [0.25, 0.3) is 0 Å². The van der Waals surface area contributed by atoms with Crippen LogP contribution in [0.2, 0.25) is 0 Å². The monoisotopic (exact) mass is 332 g/mol. The molecular weight excluding hydrogens is 296 g/mol. The smallest absolute Gasteiger partial charge is 0.133 e. The number of rotatable bonds is 2. The van der Waals surface area contributed by atoms with Crippen molar-refractivity contribution in [1.29, 1.82) is 0 Å². The largest absolute Gasteiger partial charge is 0.396 e. The Balaban J connectivity index is 1.60. The van der Waals surface area contributed by atoms with E-state index in [-0.39, 0.29) is 0 Å². The molecule has 0 saturated heterocycles. The van der Waals surface area contributed by atoms with E-state index in [1.807, 2.05) is 0 Å². The van der Waals surface area contributed by atoms with Gasteiger partial charge in [0, 0.05) is 19.4 Å². The Labute approximate surface area is 147 Å². The van der Waals surface area contributed by atoms with E-state index in [4.69, 9.17) is 0 Å². The Morgan fingerprint density at radius 1 is 1.04 bits per heavy atom. The number of fused-ring (bicyclic) bond motifs is 5. The fourth-order valence-electron chi connectivity index (χ4n) is 8.15. The summed E-state index contributed by atoms with van der Waals surface area (Å²) in [6.07, 6.45) is 10.9. The summed E-state index contributed by atoms with van der Waals surface area (Å²) in [5.74, 6) is 4.96. The second-order valence-electron chi connectivity index (χ2n) is 10.3. The Morgan fingerprint density at radius 2 is 1.79 bits per heavy atom. The molecule has 4 aliphatic rings. The van der Waals surface area contributed by atoms with E-state index in [9.17, 15) is 9.90 Å². The van der Waals surface area contributed by atoms with Crippen LogP contribution in [0.15, 0.2) is 0 Å². The van der Waals surface area contributed by atoms with Gasteiger partial charge in [0.1, 0.15) is 5.78 Å². The van der Waals surface area contributed by atoms with Crippen molar-refractivity contribution < 1.29 is 9.90 Å². The normalized spacial score (nSPS) is 52.3. The SMILES string of the molecule is CC(CO)C1CCC2C3CCC4CC(=O)CCC4(C)C3CCC12C. The lowest BCUT2D eigenvalue weighted by molar-refractivity contribution is -0.140. The van der Waals surface area contributed by atoms with Gasteiger partial charge in [0.05, 0.1) is 0 Å². The molecule has 0 aromatic rings. The first-order valence-corrected chi connectivity index (χ1v) is 10.5. The van der Waals surface area contributed by atoms with Gasteiger partial charge in [0.2, 0.25) is 0 Å². The minimum atomic E-state index is 0.350. The Hall–Kier alpha value is -0.370. The molecule has 4 rings (SSSR count). The number of aliphatic hydroxyl groups excluding tert-OH is 1. The third-order valence-corrected chi connectivity index (χ3v) is 9.53. The summed E-state index contributed by atoms with van der Waals surface area (Å²) in [5.41, 5.74) is 0.885. The molecule has 2 nitrogen and oxygen atoms in total. The third kappa shape index (κ3) is 2.27. The second-order valence-corrected chi connectivity index (χ2v) is 10.3. The van der Waals surface area contributed by atoms with Crippen LogP contribution in [0.3, 0.4) is 0 Å². The fourth-order valence-corrected chi connectivity index (χ4v) is 8.15. The minimum Gasteiger partial charge on any atom is -0.396 e. The molecule has 4 saturated carbocycles. The van der Waals surface area contributed by atoms with E-state index < -0.39 is 0 Å². The molecule has 8 atom stereocenters. The molecule has 0 spiro atoms. The lowest BCUT2D eigenvalue weighted by atomic mass is 9.44. The summed E-state index contributed by atoms with van der Waals surface area (Å²) >= 11 is 0. The molecule has 8 unspecified atom stereocenters. The topological polar surface area (TPSA) is 37.3 Å². The van der Waals surface area contributed by atoms with Gasteiger partial charge in [-0.25, -0.2) is 0 Å². The van der Waals surface area contributed by atoms with Gasteiger partial charge in [-0.15, -0.1) is 0 Å². The summed E-state index contributed by atoms with van der Waals surface area (Å²) in [5, 5.41) is 9.72. The molecule has 0 radical (unpaired) electrons. The first-order chi connectivity index (χ1) is 11.4. The highest BCUT2D eigenvalue weighted by Gasteiger charge is 2.60. The van der Waals surface area contributed by atoms with Crippen molar-refractivity contribution in [2.45, 2.75) is 78.6 Å². The number of ketones is 1. The van der Waals surface area contributed by atoms with E-state index in [1.54, 1.807) is 0 Å². The van der Waals surface area contributed by atoms with Crippen LogP contribution in [-0.4, -0.2) is 17.5 Å². The third-order valence-electron chi connectivity index (χ3n) is 9.53. The highest BCUT2D eigenvalue weighted by Crippen LogP contribution is 2.67. The molecule has 1 N–H and O–H groups in total. The van der Waals surface area contributed by atoms with Crippen molar-refractivity contribution >= 4 is 5.78 Å². The maximum atomic E-state index is 12.0. The molecule has 0 aromatic heterocycles. The first kappa shape index (κ1) is 17.1. The maximum absolute atomic E-state index is 12.0.